The van der Waals surface area contributed by atoms with E-state index in [9.17, 15) is 18.8 Å². The Balaban J connectivity index is 1.84. The first-order valence-corrected chi connectivity index (χ1v) is 8.23. The summed E-state index contributed by atoms with van der Waals surface area (Å²) in [7, 11) is 1.41. The normalized spacial score (nSPS) is 10.4. The molecule has 0 saturated carbocycles. The number of rotatable bonds is 7. The van der Waals surface area contributed by atoms with Crippen molar-refractivity contribution >= 4 is 23.5 Å². The van der Waals surface area contributed by atoms with Crippen LogP contribution in [0, 0.1) is 12.7 Å². The number of carbonyl (C=O) groups excluding carboxylic acids is 3. The number of aryl methyl sites for hydroxylation is 2. The van der Waals surface area contributed by atoms with E-state index in [0.29, 0.717) is 23.6 Å². The zero-order chi connectivity index (χ0) is 20.0. The Hall–Kier alpha value is -3.23. The third-order valence-corrected chi connectivity index (χ3v) is 3.73. The second-order valence-corrected chi connectivity index (χ2v) is 5.80. The highest BCUT2D eigenvalue weighted by molar-refractivity contribution is 5.96. The topological polar surface area (TPSA) is 102 Å². The second kappa shape index (κ2) is 8.93. The quantitative estimate of drug-likeness (QED) is 0.740. The zero-order valence-electron chi connectivity index (χ0n) is 15.2. The van der Waals surface area contributed by atoms with E-state index < -0.39 is 30.2 Å². The smallest absolute Gasteiger partial charge is 0.344 e. The number of hydrogen-bond acceptors (Lipinski definition) is 6. The average Bonchev–Trinajstić information content (AvgIpc) is 3.01. The van der Waals surface area contributed by atoms with Gasteiger partial charge in [0.15, 0.2) is 6.61 Å². The molecule has 2 amide bonds. The first-order chi connectivity index (χ1) is 12.8. The third-order valence-electron chi connectivity index (χ3n) is 3.73. The zero-order valence-corrected chi connectivity index (χ0v) is 15.2. The lowest BCUT2D eigenvalue weighted by Crippen LogP contribution is -2.37. The molecule has 2 aromatic rings. The van der Waals surface area contributed by atoms with E-state index in [1.54, 1.807) is 6.92 Å². The number of halogens is 1. The number of nitrogens with one attached hydrogen (secondary N) is 1. The van der Waals surface area contributed by atoms with Crippen molar-refractivity contribution in [1.29, 1.82) is 0 Å². The molecule has 1 aromatic heterocycles. The van der Waals surface area contributed by atoms with Crippen LogP contribution in [0.2, 0.25) is 0 Å². The Morgan fingerprint density at radius 2 is 1.93 bits per heavy atom. The molecule has 0 aliphatic rings. The van der Waals surface area contributed by atoms with Gasteiger partial charge in [0.25, 0.3) is 5.91 Å². The summed E-state index contributed by atoms with van der Waals surface area (Å²) in [6.07, 6.45) is 0.485. The van der Waals surface area contributed by atoms with Crippen molar-refractivity contribution in [3.63, 3.8) is 0 Å². The Bertz CT molecular complexity index is 832. The summed E-state index contributed by atoms with van der Waals surface area (Å²) in [5, 5.41) is 6.29. The lowest BCUT2D eigenvalue weighted by molar-refractivity contribution is -0.136. The molecule has 0 bridgehead atoms. The highest BCUT2D eigenvalue weighted by Gasteiger charge is 2.22. The van der Waals surface area contributed by atoms with Crippen LogP contribution < -0.4 is 5.32 Å². The first kappa shape index (κ1) is 20.1. The summed E-state index contributed by atoms with van der Waals surface area (Å²) < 4.78 is 22.8. The number of carbonyl (C=O) groups is 3. The minimum Gasteiger partial charge on any atom is -0.452 e. The molecule has 0 fully saturated rings. The number of nitrogens with zero attached hydrogens (tertiary/aromatic N) is 2. The van der Waals surface area contributed by atoms with E-state index in [4.69, 9.17) is 9.26 Å². The van der Waals surface area contributed by atoms with Gasteiger partial charge in [-0.2, -0.15) is 0 Å². The van der Waals surface area contributed by atoms with Crippen molar-refractivity contribution in [2.24, 2.45) is 0 Å². The maximum atomic E-state index is 12.8. The number of aromatic nitrogens is 1. The van der Waals surface area contributed by atoms with Gasteiger partial charge in [-0.05, 0) is 37.6 Å². The van der Waals surface area contributed by atoms with Gasteiger partial charge in [-0.1, -0.05) is 12.1 Å². The predicted octanol–water partition coefficient (Wildman–Crippen LogP) is 1.94. The van der Waals surface area contributed by atoms with Crippen molar-refractivity contribution in [3.8, 4) is 0 Å². The maximum absolute atomic E-state index is 12.8. The van der Waals surface area contributed by atoms with Crippen molar-refractivity contribution in [3.05, 3.63) is 47.1 Å². The minimum atomic E-state index is -0.705. The molecule has 0 spiro atoms. The number of esters is 1. The Labute approximate surface area is 155 Å². The van der Waals surface area contributed by atoms with E-state index >= 15 is 0 Å². The highest BCUT2D eigenvalue weighted by Crippen LogP contribution is 2.15. The van der Waals surface area contributed by atoms with Crippen molar-refractivity contribution in [2.75, 3.05) is 25.5 Å². The molecular weight excluding hydrogens is 357 g/mol. The maximum Gasteiger partial charge on any atom is 0.344 e. The molecule has 1 aromatic carbocycles. The number of likely N-dealkylation sites (N-methyl/N-ethyl adjacent to an activating group) is 1. The number of anilines is 1. The van der Waals surface area contributed by atoms with E-state index in [1.165, 1.54) is 31.3 Å². The molecule has 0 radical (unpaired) electrons. The fourth-order valence-electron chi connectivity index (χ4n) is 2.27. The Morgan fingerprint density at radius 3 is 2.56 bits per heavy atom. The van der Waals surface area contributed by atoms with E-state index in [2.05, 4.69) is 10.5 Å². The fraction of sp³-hybridized carbons (Fsp3) is 0.333. The van der Waals surface area contributed by atoms with Gasteiger partial charge >= 0.3 is 5.97 Å². The number of ether oxygens (including phenoxy) is 1. The van der Waals surface area contributed by atoms with Crippen LogP contribution in [0.15, 0.2) is 28.8 Å². The molecule has 8 nitrogen and oxygen atoms in total. The summed E-state index contributed by atoms with van der Waals surface area (Å²) in [4.78, 5) is 37.2. The molecule has 0 atom stereocenters. The lowest BCUT2D eigenvalue weighted by atomic mass is 10.1. The van der Waals surface area contributed by atoms with Crippen LogP contribution >= 0.6 is 0 Å². The highest BCUT2D eigenvalue weighted by atomic mass is 19.1. The summed E-state index contributed by atoms with van der Waals surface area (Å²) >= 11 is 0. The van der Waals surface area contributed by atoms with Gasteiger partial charge in [-0.3, -0.25) is 9.59 Å². The number of hydrogen-bond donors (Lipinski definition) is 1. The van der Waals surface area contributed by atoms with Crippen LogP contribution in [0.5, 0.6) is 0 Å². The van der Waals surface area contributed by atoms with Crippen LogP contribution in [-0.2, 0) is 20.7 Å². The molecular formula is C18H20FN3O5. The molecule has 9 heteroatoms. The van der Waals surface area contributed by atoms with Crippen LogP contribution in [0.1, 0.15) is 28.7 Å². The van der Waals surface area contributed by atoms with Crippen LogP contribution in [0.4, 0.5) is 10.1 Å². The molecule has 1 heterocycles. The number of benzene rings is 1. The summed E-state index contributed by atoms with van der Waals surface area (Å²) in [5.74, 6) is -1.83. The van der Waals surface area contributed by atoms with Gasteiger partial charge in [0.1, 0.15) is 17.1 Å². The summed E-state index contributed by atoms with van der Waals surface area (Å²) in [6.45, 7) is 2.62. The predicted molar refractivity (Wildman–Crippen MR) is 93.6 cm³/mol. The number of amides is 2. The fourth-order valence-corrected chi connectivity index (χ4v) is 2.27. The van der Waals surface area contributed by atoms with Crippen molar-refractivity contribution in [2.45, 2.75) is 20.3 Å². The monoisotopic (exact) mass is 377 g/mol. The minimum absolute atomic E-state index is 0.210. The van der Waals surface area contributed by atoms with E-state index in [0.717, 1.165) is 4.90 Å². The third kappa shape index (κ3) is 5.37. The first-order valence-electron chi connectivity index (χ1n) is 8.23. The van der Waals surface area contributed by atoms with Gasteiger partial charge in [-0.15, -0.1) is 0 Å². The summed E-state index contributed by atoms with van der Waals surface area (Å²) in [5.41, 5.74) is 1.07. The molecule has 2 rings (SSSR count). The van der Waals surface area contributed by atoms with Crippen molar-refractivity contribution < 1.29 is 28.0 Å². The molecule has 0 aliphatic heterocycles. The largest absolute Gasteiger partial charge is 0.452 e. The van der Waals surface area contributed by atoms with Gasteiger partial charge in [-0.25, -0.2) is 9.18 Å². The Morgan fingerprint density at radius 1 is 1.26 bits per heavy atom. The molecule has 0 saturated heterocycles. The van der Waals surface area contributed by atoms with E-state index in [-0.39, 0.29) is 12.1 Å². The standard InChI is InChI=1S/C18H20FN3O5/c1-4-14-17(11(2)27-21-14)18(25)26-10-16(24)22(3)9-15(23)20-13-7-5-12(19)6-8-13/h5-8H,4,9-10H2,1-3H3,(H,20,23). The molecule has 27 heavy (non-hydrogen) atoms. The van der Waals surface area contributed by atoms with Crippen LogP contribution in [0.3, 0.4) is 0 Å². The molecule has 0 unspecified atom stereocenters. The second-order valence-electron chi connectivity index (χ2n) is 5.80. The molecule has 144 valence electrons. The van der Waals surface area contributed by atoms with Gasteiger partial charge in [0, 0.05) is 12.7 Å². The van der Waals surface area contributed by atoms with E-state index in [1.807, 2.05) is 6.92 Å². The van der Waals surface area contributed by atoms with Crippen LogP contribution in [-0.4, -0.2) is 48.0 Å². The van der Waals surface area contributed by atoms with Gasteiger partial charge < -0.3 is 19.5 Å². The SMILES string of the molecule is CCc1noc(C)c1C(=O)OCC(=O)N(C)CC(=O)Nc1ccc(F)cc1. The van der Waals surface area contributed by atoms with Gasteiger partial charge in [0.2, 0.25) is 5.91 Å². The van der Waals surface area contributed by atoms with Crippen LogP contribution in [0.25, 0.3) is 0 Å². The van der Waals surface area contributed by atoms with Crippen molar-refractivity contribution in [1.82, 2.24) is 10.1 Å². The lowest BCUT2D eigenvalue weighted by Gasteiger charge is -2.16. The average molecular weight is 377 g/mol. The van der Waals surface area contributed by atoms with Gasteiger partial charge in [0.05, 0.1) is 12.2 Å². The Kier molecular flexibility index (Phi) is 6.64. The molecule has 1 N–H and O–H groups in total. The summed E-state index contributed by atoms with van der Waals surface area (Å²) in [6, 6.07) is 5.23. The molecule has 0 aliphatic carbocycles.